The zero-order chi connectivity index (χ0) is 17.9. The SMILES string of the molecule is O=C(Nc1nnc2ccc(Cl)cn12)c1ccccc1CC1CCNCC1. The number of pyridine rings is 1. The normalized spacial score (nSPS) is 15.3. The molecule has 1 saturated heterocycles. The van der Waals surface area contributed by atoms with Gasteiger partial charge in [0.25, 0.3) is 5.91 Å². The average Bonchev–Trinajstić information content (AvgIpc) is 3.05. The Morgan fingerprint density at radius 2 is 2.00 bits per heavy atom. The standard InChI is InChI=1S/C19H20ClN5O/c20-15-5-6-17-23-24-19(25(17)12-15)22-18(26)16-4-2-1-3-14(16)11-13-7-9-21-10-8-13/h1-6,12-13,21H,7-11H2,(H,22,24,26). The zero-order valence-corrected chi connectivity index (χ0v) is 15.0. The number of nitrogens with zero attached hydrogens (tertiary/aromatic N) is 3. The highest BCUT2D eigenvalue weighted by atomic mass is 35.5. The molecule has 1 aromatic carbocycles. The van der Waals surface area contributed by atoms with Crippen molar-refractivity contribution >= 4 is 29.1 Å². The molecule has 3 heterocycles. The van der Waals surface area contributed by atoms with Gasteiger partial charge in [-0.05, 0) is 62.0 Å². The molecular formula is C19H20ClN5O. The molecule has 2 aromatic heterocycles. The molecule has 1 fully saturated rings. The van der Waals surface area contributed by atoms with Gasteiger partial charge in [0, 0.05) is 11.8 Å². The van der Waals surface area contributed by atoms with Gasteiger partial charge in [0.05, 0.1) is 5.02 Å². The van der Waals surface area contributed by atoms with Gasteiger partial charge in [-0.1, -0.05) is 29.8 Å². The van der Waals surface area contributed by atoms with Gasteiger partial charge in [-0.2, -0.15) is 0 Å². The fourth-order valence-electron chi connectivity index (χ4n) is 3.44. The summed E-state index contributed by atoms with van der Waals surface area (Å²) in [5.41, 5.74) is 2.39. The van der Waals surface area contributed by atoms with E-state index < -0.39 is 0 Å². The van der Waals surface area contributed by atoms with E-state index in [4.69, 9.17) is 11.6 Å². The summed E-state index contributed by atoms with van der Waals surface area (Å²) in [6.07, 6.45) is 4.89. The van der Waals surface area contributed by atoms with Crippen LogP contribution in [0.4, 0.5) is 5.95 Å². The first-order chi connectivity index (χ1) is 12.7. The molecule has 2 N–H and O–H groups in total. The molecular weight excluding hydrogens is 350 g/mol. The molecule has 1 aliphatic rings. The monoisotopic (exact) mass is 369 g/mol. The second-order valence-corrected chi connectivity index (χ2v) is 7.04. The van der Waals surface area contributed by atoms with Crippen LogP contribution in [-0.4, -0.2) is 33.6 Å². The van der Waals surface area contributed by atoms with Crippen LogP contribution in [0.3, 0.4) is 0 Å². The first kappa shape index (κ1) is 17.0. The third-order valence-corrected chi connectivity index (χ3v) is 5.04. The lowest BCUT2D eigenvalue weighted by atomic mass is 9.89. The summed E-state index contributed by atoms with van der Waals surface area (Å²) in [7, 11) is 0. The first-order valence-corrected chi connectivity index (χ1v) is 9.19. The number of piperidine rings is 1. The lowest BCUT2D eigenvalue weighted by Crippen LogP contribution is -2.29. The smallest absolute Gasteiger partial charge is 0.258 e. The molecule has 6 nitrogen and oxygen atoms in total. The Balaban J connectivity index is 1.57. The van der Waals surface area contributed by atoms with Crippen molar-refractivity contribution in [1.82, 2.24) is 19.9 Å². The Morgan fingerprint density at radius 3 is 2.85 bits per heavy atom. The molecule has 0 saturated carbocycles. The second-order valence-electron chi connectivity index (χ2n) is 6.61. The Kier molecular flexibility index (Phi) is 4.86. The summed E-state index contributed by atoms with van der Waals surface area (Å²) in [6.45, 7) is 2.09. The number of nitrogens with one attached hydrogen (secondary N) is 2. The van der Waals surface area contributed by atoms with Crippen LogP contribution in [0.15, 0.2) is 42.6 Å². The third-order valence-electron chi connectivity index (χ3n) is 4.82. The van der Waals surface area contributed by atoms with Crippen molar-refractivity contribution in [1.29, 1.82) is 0 Å². The van der Waals surface area contributed by atoms with Crippen LogP contribution >= 0.6 is 11.6 Å². The van der Waals surface area contributed by atoms with Crippen molar-refractivity contribution in [3.05, 3.63) is 58.7 Å². The van der Waals surface area contributed by atoms with E-state index in [1.165, 1.54) is 0 Å². The van der Waals surface area contributed by atoms with Gasteiger partial charge in [0.1, 0.15) is 0 Å². The van der Waals surface area contributed by atoms with Gasteiger partial charge in [0.15, 0.2) is 5.65 Å². The molecule has 7 heteroatoms. The number of anilines is 1. The first-order valence-electron chi connectivity index (χ1n) is 8.81. The summed E-state index contributed by atoms with van der Waals surface area (Å²) in [4.78, 5) is 12.9. The molecule has 0 spiro atoms. The summed E-state index contributed by atoms with van der Waals surface area (Å²) >= 11 is 6.04. The maximum Gasteiger partial charge on any atom is 0.258 e. The van der Waals surface area contributed by atoms with Gasteiger partial charge in [-0.3, -0.25) is 14.5 Å². The number of hydrogen-bond donors (Lipinski definition) is 2. The average molecular weight is 370 g/mol. The molecule has 1 amide bonds. The van der Waals surface area contributed by atoms with Crippen molar-refractivity contribution < 1.29 is 4.79 Å². The second kappa shape index (κ2) is 7.43. The van der Waals surface area contributed by atoms with E-state index in [1.54, 1.807) is 22.7 Å². The molecule has 0 aliphatic carbocycles. The van der Waals surface area contributed by atoms with Crippen LogP contribution < -0.4 is 10.6 Å². The number of carbonyl (C=O) groups excluding carboxylic acids is 1. The summed E-state index contributed by atoms with van der Waals surface area (Å²) in [6, 6.07) is 11.3. The lowest BCUT2D eigenvalue weighted by Gasteiger charge is -2.23. The van der Waals surface area contributed by atoms with Crippen molar-refractivity contribution in [3.63, 3.8) is 0 Å². The van der Waals surface area contributed by atoms with Crippen molar-refractivity contribution in [2.75, 3.05) is 18.4 Å². The summed E-state index contributed by atoms with van der Waals surface area (Å²) in [5, 5.41) is 14.9. The third kappa shape index (κ3) is 3.57. The van der Waals surface area contributed by atoms with Gasteiger partial charge < -0.3 is 5.32 Å². The Labute approximate surface area is 156 Å². The minimum absolute atomic E-state index is 0.177. The Hall–Kier alpha value is -2.44. The van der Waals surface area contributed by atoms with Crippen LogP contribution in [0, 0.1) is 5.92 Å². The number of hydrogen-bond acceptors (Lipinski definition) is 4. The van der Waals surface area contributed by atoms with E-state index in [-0.39, 0.29) is 5.91 Å². The molecule has 0 radical (unpaired) electrons. The molecule has 134 valence electrons. The minimum Gasteiger partial charge on any atom is -0.317 e. The largest absolute Gasteiger partial charge is 0.317 e. The number of benzene rings is 1. The quantitative estimate of drug-likeness (QED) is 0.741. The van der Waals surface area contributed by atoms with Crippen LogP contribution in [-0.2, 0) is 6.42 Å². The van der Waals surface area contributed by atoms with Crippen LogP contribution in [0.2, 0.25) is 5.02 Å². The maximum absolute atomic E-state index is 12.9. The van der Waals surface area contributed by atoms with Crippen molar-refractivity contribution in [2.24, 2.45) is 5.92 Å². The minimum atomic E-state index is -0.177. The number of carbonyl (C=O) groups is 1. The maximum atomic E-state index is 12.9. The topological polar surface area (TPSA) is 71.3 Å². The van der Waals surface area contributed by atoms with Gasteiger partial charge in [-0.15, -0.1) is 10.2 Å². The predicted octanol–water partition coefficient (Wildman–Crippen LogP) is 3.18. The van der Waals surface area contributed by atoms with Gasteiger partial charge in [-0.25, -0.2) is 0 Å². The number of fused-ring (bicyclic) bond motifs is 1. The van der Waals surface area contributed by atoms with E-state index in [0.717, 1.165) is 37.9 Å². The number of aromatic nitrogens is 3. The van der Waals surface area contributed by atoms with E-state index in [1.807, 2.05) is 24.3 Å². The molecule has 4 rings (SSSR count). The van der Waals surface area contributed by atoms with Crippen LogP contribution in [0.1, 0.15) is 28.8 Å². The van der Waals surface area contributed by atoms with Gasteiger partial charge >= 0.3 is 0 Å². The van der Waals surface area contributed by atoms with E-state index >= 15 is 0 Å². The van der Waals surface area contributed by atoms with E-state index in [0.29, 0.717) is 28.1 Å². The van der Waals surface area contributed by atoms with E-state index in [2.05, 4.69) is 20.8 Å². The highest BCUT2D eigenvalue weighted by molar-refractivity contribution is 6.30. The number of amides is 1. The number of halogens is 1. The summed E-state index contributed by atoms with van der Waals surface area (Å²) < 4.78 is 1.68. The molecule has 0 bridgehead atoms. The zero-order valence-electron chi connectivity index (χ0n) is 14.3. The van der Waals surface area contributed by atoms with E-state index in [9.17, 15) is 4.79 Å². The van der Waals surface area contributed by atoms with Crippen molar-refractivity contribution in [2.45, 2.75) is 19.3 Å². The fraction of sp³-hybridized carbons (Fsp3) is 0.316. The predicted molar refractivity (Wildman–Crippen MR) is 102 cm³/mol. The lowest BCUT2D eigenvalue weighted by molar-refractivity contribution is 0.102. The molecule has 26 heavy (non-hydrogen) atoms. The Bertz CT molecular complexity index is 933. The molecule has 0 atom stereocenters. The Morgan fingerprint density at radius 1 is 1.19 bits per heavy atom. The highest BCUT2D eigenvalue weighted by Gasteiger charge is 2.19. The van der Waals surface area contributed by atoms with Crippen LogP contribution in [0.25, 0.3) is 5.65 Å². The van der Waals surface area contributed by atoms with Crippen LogP contribution in [0.5, 0.6) is 0 Å². The highest BCUT2D eigenvalue weighted by Crippen LogP contribution is 2.22. The fourth-order valence-corrected chi connectivity index (χ4v) is 3.60. The molecule has 1 aliphatic heterocycles. The molecule has 0 unspecified atom stereocenters. The summed E-state index contributed by atoms with van der Waals surface area (Å²) in [5.74, 6) is 0.797. The van der Waals surface area contributed by atoms with Gasteiger partial charge in [0.2, 0.25) is 5.95 Å². The molecule has 3 aromatic rings. The van der Waals surface area contributed by atoms with Crippen molar-refractivity contribution in [3.8, 4) is 0 Å². The number of rotatable bonds is 4.